The van der Waals surface area contributed by atoms with E-state index in [1.54, 1.807) is 0 Å². The first kappa shape index (κ1) is 21.3. The maximum absolute atomic E-state index is 11.1. The van der Waals surface area contributed by atoms with Gasteiger partial charge in [-0.3, -0.25) is 4.79 Å². The van der Waals surface area contributed by atoms with Gasteiger partial charge in [-0.25, -0.2) is 0 Å². The van der Waals surface area contributed by atoms with Crippen molar-refractivity contribution in [3.63, 3.8) is 0 Å². The molecule has 0 aromatic carbocycles. The molecule has 1 aliphatic carbocycles. The molecular formula is C18H30O8. The molecule has 1 saturated heterocycles. The minimum Gasteiger partial charge on any atom is -0.481 e. The Balaban J connectivity index is 2.07. The molecule has 1 aliphatic heterocycles. The Labute approximate surface area is 153 Å². The quantitative estimate of drug-likeness (QED) is 0.375. The van der Waals surface area contributed by atoms with Gasteiger partial charge in [0.15, 0.2) is 6.29 Å². The third-order valence-corrected chi connectivity index (χ3v) is 5.31. The lowest BCUT2D eigenvalue weighted by atomic mass is 9.88. The molecule has 0 aromatic heterocycles. The van der Waals surface area contributed by atoms with Crippen LogP contribution in [0, 0.1) is 11.8 Å². The first-order valence-corrected chi connectivity index (χ1v) is 9.21. The van der Waals surface area contributed by atoms with Crippen molar-refractivity contribution in [3.05, 3.63) is 12.2 Å². The molecule has 1 saturated carbocycles. The van der Waals surface area contributed by atoms with E-state index in [-0.39, 0.29) is 24.4 Å². The molecule has 26 heavy (non-hydrogen) atoms. The van der Waals surface area contributed by atoms with E-state index in [0.29, 0.717) is 19.3 Å². The lowest BCUT2D eigenvalue weighted by Crippen LogP contribution is -2.59. The standard InChI is InChI=1S/C18H30O8/c1-2-3-4-5-11-10(8-14(20)21)6-7-12(11)25-18-17(24)16(23)15(22)13(9-19)26-18/h3-4,10-13,15-19,22-24H,2,5-9H2,1H3,(H,20,21)/b4-3-/t10-,11-,12+,13-,15-,16+,17-,18-/m0/s1. The predicted molar refractivity (Wildman–Crippen MR) is 91.2 cm³/mol. The zero-order valence-electron chi connectivity index (χ0n) is 15.0. The molecule has 0 unspecified atom stereocenters. The Morgan fingerprint density at radius 1 is 1.15 bits per heavy atom. The van der Waals surface area contributed by atoms with Crippen LogP contribution < -0.4 is 0 Å². The summed E-state index contributed by atoms with van der Waals surface area (Å²) in [6, 6.07) is 0. The number of carboxylic acid groups (broad SMARTS) is 1. The number of carbonyl (C=O) groups is 1. The molecule has 0 radical (unpaired) electrons. The average Bonchev–Trinajstić information content (AvgIpc) is 2.96. The summed E-state index contributed by atoms with van der Waals surface area (Å²) in [6.07, 6.45) is 0.0423. The van der Waals surface area contributed by atoms with Crippen molar-refractivity contribution in [1.29, 1.82) is 0 Å². The largest absolute Gasteiger partial charge is 0.481 e. The fourth-order valence-electron chi connectivity index (χ4n) is 3.87. The number of aliphatic carboxylic acids is 1. The van der Waals surface area contributed by atoms with Gasteiger partial charge < -0.3 is 35.0 Å². The van der Waals surface area contributed by atoms with Gasteiger partial charge in [-0.1, -0.05) is 19.1 Å². The minimum absolute atomic E-state index is 0.0381. The molecule has 8 heteroatoms. The number of carboxylic acids is 1. The van der Waals surface area contributed by atoms with Crippen LogP contribution in [0.1, 0.15) is 39.0 Å². The molecule has 1 heterocycles. The number of aliphatic hydroxyl groups is 4. The average molecular weight is 374 g/mol. The summed E-state index contributed by atoms with van der Waals surface area (Å²) in [4.78, 5) is 11.1. The van der Waals surface area contributed by atoms with Crippen molar-refractivity contribution in [2.75, 3.05) is 6.61 Å². The van der Waals surface area contributed by atoms with E-state index in [1.165, 1.54) is 0 Å². The fourth-order valence-corrected chi connectivity index (χ4v) is 3.87. The topological polar surface area (TPSA) is 137 Å². The highest BCUT2D eigenvalue weighted by Gasteiger charge is 2.47. The van der Waals surface area contributed by atoms with Crippen molar-refractivity contribution >= 4 is 5.97 Å². The summed E-state index contributed by atoms with van der Waals surface area (Å²) in [5, 5.41) is 48.3. The molecular weight excluding hydrogens is 344 g/mol. The van der Waals surface area contributed by atoms with Crippen LogP contribution in [-0.4, -0.2) is 74.9 Å². The highest BCUT2D eigenvalue weighted by atomic mass is 16.7. The normalized spacial score (nSPS) is 41.0. The van der Waals surface area contributed by atoms with Crippen LogP contribution in [0.4, 0.5) is 0 Å². The third-order valence-electron chi connectivity index (χ3n) is 5.31. The number of allylic oxidation sites excluding steroid dienone is 2. The van der Waals surface area contributed by atoms with Crippen molar-refractivity contribution < 1.29 is 39.8 Å². The SMILES string of the molecule is CC/C=C\C[C@H]1[C@H](CC(=O)O)CC[C@H]1O[C@H]1O[C@@H](CO)[C@H](O)[C@@H](O)[C@@H]1O. The second-order valence-electron chi connectivity index (χ2n) is 7.09. The van der Waals surface area contributed by atoms with Crippen LogP contribution in [0.2, 0.25) is 0 Å². The van der Waals surface area contributed by atoms with E-state index in [2.05, 4.69) is 0 Å². The van der Waals surface area contributed by atoms with E-state index in [1.807, 2.05) is 19.1 Å². The van der Waals surface area contributed by atoms with Crippen LogP contribution in [0.15, 0.2) is 12.2 Å². The van der Waals surface area contributed by atoms with Crippen molar-refractivity contribution in [3.8, 4) is 0 Å². The maximum Gasteiger partial charge on any atom is 0.303 e. The Morgan fingerprint density at radius 3 is 2.50 bits per heavy atom. The molecule has 5 N–H and O–H groups in total. The van der Waals surface area contributed by atoms with Gasteiger partial charge >= 0.3 is 5.97 Å². The van der Waals surface area contributed by atoms with E-state index in [9.17, 15) is 25.2 Å². The van der Waals surface area contributed by atoms with Gasteiger partial charge in [0, 0.05) is 6.42 Å². The van der Waals surface area contributed by atoms with E-state index < -0.39 is 43.3 Å². The van der Waals surface area contributed by atoms with Gasteiger partial charge in [0.2, 0.25) is 0 Å². The first-order valence-electron chi connectivity index (χ1n) is 9.21. The maximum atomic E-state index is 11.1. The summed E-state index contributed by atoms with van der Waals surface area (Å²) in [5.41, 5.74) is 0. The Morgan fingerprint density at radius 2 is 1.88 bits per heavy atom. The number of ether oxygens (including phenoxy) is 2. The zero-order valence-corrected chi connectivity index (χ0v) is 15.0. The highest BCUT2D eigenvalue weighted by Crippen LogP contribution is 2.40. The first-order chi connectivity index (χ1) is 12.4. The van der Waals surface area contributed by atoms with Crippen LogP contribution in [0.5, 0.6) is 0 Å². The van der Waals surface area contributed by atoms with Gasteiger partial charge in [-0.05, 0) is 37.5 Å². The number of hydrogen-bond donors (Lipinski definition) is 5. The molecule has 0 amide bonds. The molecule has 0 aromatic rings. The predicted octanol–water partition coefficient (Wildman–Crippen LogP) is 0.0287. The fraction of sp³-hybridized carbons (Fsp3) is 0.833. The summed E-state index contributed by atoms with van der Waals surface area (Å²) in [5.74, 6) is -0.932. The number of hydrogen-bond acceptors (Lipinski definition) is 7. The smallest absolute Gasteiger partial charge is 0.303 e. The molecule has 2 rings (SSSR count). The van der Waals surface area contributed by atoms with Gasteiger partial charge in [0.1, 0.15) is 24.4 Å². The van der Waals surface area contributed by atoms with Gasteiger partial charge in [-0.15, -0.1) is 0 Å². The monoisotopic (exact) mass is 374 g/mol. The lowest BCUT2D eigenvalue weighted by Gasteiger charge is -2.41. The van der Waals surface area contributed by atoms with Crippen molar-refractivity contribution in [2.24, 2.45) is 11.8 Å². The van der Waals surface area contributed by atoms with Gasteiger partial charge in [0.25, 0.3) is 0 Å². The second-order valence-corrected chi connectivity index (χ2v) is 7.09. The zero-order chi connectivity index (χ0) is 19.3. The summed E-state index contributed by atoms with van der Waals surface area (Å²) < 4.78 is 11.3. The van der Waals surface area contributed by atoms with Crippen LogP contribution in [0.3, 0.4) is 0 Å². The van der Waals surface area contributed by atoms with Gasteiger partial charge in [-0.2, -0.15) is 0 Å². The van der Waals surface area contributed by atoms with E-state index in [4.69, 9.17) is 14.6 Å². The summed E-state index contributed by atoms with van der Waals surface area (Å²) >= 11 is 0. The second kappa shape index (κ2) is 9.77. The highest BCUT2D eigenvalue weighted by molar-refractivity contribution is 5.67. The molecule has 8 atom stereocenters. The van der Waals surface area contributed by atoms with Gasteiger partial charge in [0.05, 0.1) is 12.7 Å². The van der Waals surface area contributed by atoms with E-state index in [0.717, 1.165) is 6.42 Å². The third kappa shape index (κ3) is 5.03. The summed E-state index contributed by atoms with van der Waals surface area (Å²) in [6.45, 7) is 1.50. The van der Waals surface area contributed by atoms with E-state index >= 15 is 0 Å². The number of rotatable bonds is 8. The molecule has 150 valence electrons. The Kier molecular flexibility index (Phi) is 8.00. The Hall–Kier alpha value is -1.03. The van der Waals surface area contributed by atoms with Crippen LogP contribution in [-0.2, 0) is 14.3 Å². The Bertz CT molecular complexity index is 480. The van der Waals surface area contributed by atoms with Crippen molar-refractivity contribution in [2.45, 2.75) is 75.8 Å². The molecule has 0 spiro atoms. The lowest BCUT2D eigenvalue weighted by molar-refractivity contribution is -0.313. The molecule has 0 bridgehead atoms. The van der Waals surface area contributed by atoms with Crippen molar-refractivity contribution in [1.82, 2.24) is 0 Å². The molecule has 8 nitrogen and oxygen atoms in total. The minimum atomic E-state index is -1.49. The summed E-state index contributed by atoms with van der Waals surface area (Å²) in [7, 11) is 0. The van der Waals surface area contributed by atoms with Crippen LogP contribution >= 0.6 is 0 Å². The molecule has 2 aliphatic rings. The van der Waals surface area contributed by atoms with Crippen LogP contribution in [0.25, 0.3) is 0 Å². The number of aliphatic hydroxyl groups excluding tert-OH is 4. The molecule has 2 fully saturated rings.